The summed E-state index contributed by atoms with van der Waals surface area (Å²) in [6.45, 7) is 0. The first-order valence-electron chi connectivity index (χ1n) is 5.71. The number of carboxylic acid groups (broad SMARTS) is 2. The van der Waals surface area contributed by atoms with Crippen molar-refractivity contribution in [3.05, 3.63) is 66.6 Å². The zero-order valence-electron chi connectivity index (χ0n) is 11.0. The van der Waals surface area contributed by atoms with Crippen LogP contribution in [0.2, 0.25) is 25.1 Å². The van der Waals surface area contributed by atoms with Crippen LogP contribution in [0.5, 0.6) is 0 Å². The fourth-order valence-electron chi connectivity index (χ4n) is 1.37. The van der Waals surface area contributed by atoms with Crippen molar-refractivity contribution in [1.82, 2.24) is 0 Å². The molecule has 0 aliphatic heterocycles. The van der Waals surface area contributed by atoms with Gasteiger partial charge in [0.25, 0.3) is 0 Å². The highest BCUT2D eigenvalue weighted by atomic mass is 35.5. The predicted molar refractivity (Wildman–Crippen MR) is 91.9 cm³/mol. The van der Waals surface area contributed by atoms with E-state index in [1.165, 1.54) is 0 Å². The summed E-state index contributed by atoms with van der Waals surface area (Å²) in [6.07, 6.45) is 0. The van der Waals surface area contributed by atoms with Crippen LogP contribution in [0.25, 0.3) is 0 Å². The SMILES string of the molecule is O=C(O)c1c(Cl)c(Cl)c(Cl)c(Cl)c1Cl.O=C(O)c1ccccc1. The van der Waals surface area contributed by atoms with Crippen molar-refractivity contribution in [1.29, 1.82) is 0 Å². The second-order valence-electron chi connectivity index (χ2n) is 3.92. The molecule has 0 unspecified atom stereocenters. The maximum Gasteiger partial charge on any atom is 0.338 e. The highest BCUT2D eigenvalue weighted by molar-refractivity contribution is 6.56. The minimum absolute atomic E-state index is 0.0617. The van der Waals surface area contributed by atoms with Gasteiger partial charge < -0.3 is 10.2 Å². The molecule has 122 valence electrons. The lowest BCUT2D eigenvalue weighted by Gasteiger charge is -2.08. The molecule has 0 amide bonds. The molecule has 4 nitrogen and oxygen atoms in total. The van der Waals surface area contributed by atoms with Crippen LogP contribution >= 0.6 is 58.0 Å². The normalized spacial score (nSPS) is 9.78. The molecule has 2 rings (SSSR count). The first-order valence-corrected chi connectivity index (χ1v) is 7.60. The summed E-state index contributed by atoms with van der Waals surface area (Å²) in [5.74, 6) is -2.20. The molecule has 0 fully saturated rings. The Labute approximate surface area is 156 Å². The van der Waals surface area contributed by atoms with Crippen molar-refractivity contribution in [2.24, 2.45) is 0 Å². The summed E-state index contributed by atoms with van der Waals surface area (Å²) >= 11 is 28.2. The van der Waals surface area contributed by atoms with Crippen molar-refractivity contribution in [3.8, 4) is 0 Å². The van der Waals surface area contributed by atoms with Gasteiger partial charge in [0.2, 0.25) is 0 Å². The first kappa shape index (κ1) is 19.9. The fourth-order valence-corrected chi connectivity index (χ4v) is 2.67. The summed E-state index contributed by atoms with van der Waals surface area (Å²) in [5.41, 5.74) is -0.0229. The van der Waals surface area contributed by atoms with Gasteiger partial charge in [-0.1, -0.05) is 76.2 Å². The summed E-state index contributed by atoms with van der Waals surface area (Å²) < 4.78 is 0. The molecule has 0 saturated heterocycles. The topological polar surface area (TPSA) is 74.6 Å². The van der Waals surface area contributed by atoms with Gasteiger partial charge in [-0.25, -0.2) is 9.59 Å². The van der Waals surface area contributed by atoms with E-state index >= 15 is 0 Å². The molecule has 0 aliphatic rings. The molecule has 2 aromatic carbocycles. The molecule has 0 radical (unpaired) electrons. The van der Waals surface area contributed by atoms with Gasteiger partial charge in [0.15, 0.2) is 0 Å². The molecule has 0 spiro atoms. The Hall–Kier alpha value is -1.17. The summed E-state index contributed by atoms with van der Waals surface area (Å²) in [6, 6.07) is 8.30. The van der Waals surface area contributed by atoms with Crippen LogP contribution in [0.1, 0.15) is 20.7 Å². The van der Waals surface area contributed by atoms with Gasteiger partial charge in [0, 0.05) is 0 Å². The smallest absolute Gasteiger partial charge is 0.338 e. The Kier molecular flexibility index (Phi) is 7.45. The summed E-state index contributed by atoms with van der Waals surface area (Å²) in [7, 11) is 0. The van der Waals surface area contributed by atoms with E-state index < -0.39 is 11.9 Å². The summed E-state index contributed by atoms with van der Waals surface area (Å²) in [4.78, 5) is 20.9. The van der Waals surface area contributed by atoms with Crippen molar-refractivity contribution >= 4 is 69.9 Å². The number of aromatic carboxylic acids is 2. The Bertz CT molecular complexity index is 718. The van der Waals surface area contributed by atoms with E-state index in [9.17, 15) is 9.59 Å². The first-order chi connectivity index (χ1) is 10.7. The lowest BCUT2D eigenvalue weighted by atomic mass is 10.2. The zero-order valence-corrected chi connectivity index (χ0v) is 14.8. The monoisotopic (exact) mass is 414 g/mol. The third kappa shape index (κ3) is 4.90. The van der Waals surface area contributed by atoms with Gasteiger partial charge in [0.05, 0.1) is 36.2 Å². The Morgan fingerprint density at radius 1 is 0.652 bits per heavy atom. The largest absolute Gasteiger partial charge is 0.478 e. The number of carboxylic acids is 2. The number of hydrogen-bond acceptors (Lipinski definition) is 2. The minimum atomic E-state index is -1.32. The number of halogens is 5. The molecular formula is C14H7Cl5O4. The molecule has 0 saturated carbocycles. The number of benzene rings is 2. The Morgan fingerprint density at radius 2 is 1.04 bits per heavy atom. The number of rotatable bonds is 2. The molecule has 9 heteroatoms. The molecule has 0 aromatic heterocycles. The lowest BCUT2D eigenvalue weighted by Crippen LogP contribution is -2.00. The maximum absolute atomic E-state index is 10.7. The van der Waals surface area contributed by atoms with Crippen molar-refractivity contribution in [2.75, 3.05) is 0 Å². The van der Waals surface area contributed by atoms with E-state index in [0.717, 1.165) is 0 Å². The Morgan fingerprint density at radius 3 is 1.35 bits per heavy atom. The van der Waals surface area contributed by atoms with Gasteiger partial charge in [-0.3, -0.25) is 0 Å². The Balaban J connectivity index is 0.000000253. The highest BCUT2D eigenvalue weighted by Gasteiger charge is 2.23. The number of hydrogen-bond donors (Lipinski definition) is 2. The van der Waals surface area contributed by atoms with E-state index in [0.29, 0.717) is 5.56 Å². The molecule has 23 heavy (non-hydrogen) atoms. The van der Waals surface area contributed by atoms with Crippen molar-refractivity contribution < 1.29 is 19.8 Å². The summed E-state index contributed by atoms with van der Waals surface area (Å²) in [5, 5.41) is 16.4. The lowest BCUT2D eigenvalue weighted by molar-refractivity contribution is 0.0686. The minimum Gasteiger partial charge on any atom is -0.478 e. The molecule has 0 heterocycles. The third-order valence-corrected chi connectivity index (χ3v) is 4.72. The molecule has 2 aromatic rings. The molecule has 0 atom stereocenters. The van der Waals surface area contributed by atoms with Crippen LogP contribution in [-0.4, -0.2) is 22.2 Å². The second kappa shape index (κ2) is 8.62. The molecule has 2 N–H and O–H groups in total. The van der Waals surface area contributed by atoms with E-state index in [-0.39, 0.29) is 30.7 Å². The van der Waals surface area contributed by atoms with Gasteiger partial charge >= 0.3 is 11.9 Å². The van der Waals surface area contributed by atoms with E-state index in [1.54, 1.807) is 30.3 Å². The van der Waals surface area contributed by atoms with Gasteiger partial charge in [-0.05, 0) is 12.1 Å². The van der Waals surface area contributed by atoms with Gasteiger partial charge in [-0.15, -0.1) is 0 Å². The van der Waals surface area contributed by atoms with Crippen LogP contribution in [0.4, 0.5) is 0 Å². The maximum atomic E-state index is 10.7. The van der Waals surface area contributed by atoms with E-state index in [4.69, 9.17) is 68.2 Å². The average molecular weight is 416 g/mol. The van der Waals surface area contributed by atoms with Crippen LogP contribution in [0, 0.1) is 0 Å². The van der Waals surface area contributed by atoms with E-state index in [1.807, 2.05) is 0 Å². The fraction of sp³-hybridized carbons (Fsp3) is 0. The van der Waals surface area contributed by atoms with Crippen molar-refractivity contribution in [3.63, 3.8) is 0 Å². The van der Waals surface area contributed by atoms with Crippen LogP contribution < -0.4 is 0 Å². The van der Waals surface area contributed by atoms with Gasteiger partial charge in [-0.2, -0.15) is 0 Å². The molecule has 0 bridgehead atoms. The second-order valence-corrected chi connectivity index (χ2v) is 5.81. The average Bonchev–Trinajstić information content (AvgIpc) is 2.52. The molecular weight excluding hydrogens is 409 g/mol. The van der Waals surface area contributed by atoms with Crippen molar-refractivity contribution in [2.45, 2.75) is 0 Å². The van der Waals surface area contributed by atoms with Crippen LogP contribution in [-0.2, 0) is 0 Å². The van der Waals surface area contributed by atoms with Crippen LogP contribution in [0.15, 0.2) is 30.3 Å². The predicted octanol–water partition coefficient (Wildman–Crippen LogP) is 6.04. The van der Waals surface area contributed by atoms with E-state index in [2.05, 4.69) is 0 Å². The van der Waals surface area contributed by atoms with Gasteiger partial charge in [0.1, 0.15) is 0 Å². The van der Waals surface area contributed by atoms with Crippen LogP contribution in [0.3, 0.4) is 0 Å². The highest BCUT2D eigenvalue weighted by Crippen LogP contribution is 2.43. The zero-order chi connectivity index (χ0) is 17.7. The quantitative estimate of drug-likeness (QED) is 0.463. The molecule has 0 aliphatic carbocycles. The standard InChI is InChI=1S/C7HCl5O2.C7H6O2/c8-2-1(7(13)14)3(9)5(11)6(12)4(2)10;8-7(9)6-4-2-1-3-5-6/h(H,13,14);1-5H,(H,8,9). The third-order valence-electron chi connectivity index (χ3n) is 2.44. The number of carbonyl (C=O) groups is 2.